The van der Waals surface area contributed by atoms with Crippen LogP contribution in [-0.4, -0.2) is 33.5 Å². The van der Waals surface area contributed by atoms with Gasteiger partial charge in [-0.1, -0.05) is 49.6 Å². The zero-order valence-corrected chi connectivity index (χ0v) is 19.5. The number of nitrogens with zero attached hydrogens (tertiary/aromatic N) is 4. The summed E-state index contributed by atoms with van der Waals surface area (Å²) in [7, 11) is 1.39. The number of rotatable bonds is 5. The first-order valence-corrected chi connectivity index (χ1v) is 11.8. The molecule has 0 atom stereocenters. The summed E-state index contributed by atoms with van der Waals surface area (Å²) < 4.78 is 8.30. The largest absolute Gasteiger partial charge is 0.468 e. The fourth-order valence-corrected chi connectivity index (χ4v) is 5.01. The Morgan fingerprint density at radius 1 is 1.09 bits per heavy atom. The molecule has 0 amide bonds. The molecule has 1 fully saturated rings. The Balaban J connectivity index is 1.66. The van der Waals surface area contributed by atoms with Crippen LogP contribution in [0, 0.1) is 6.92 Å². The number of hydrogen-bond donors (Lipinski definition) is 0. The molecule has 0 N–H and O–H groups in total. The normalized spacial score (nSPS) is 14.9. The summed E-state index contributed by atoms with van der Waals surface area (Å²) in [6, 6.07) is 15.3. The minimum Gasteiger partial charge on any atom is -0.468 e. The van der Waals surface area contributed by atoms with Crippen molar-refractivity contribution in [2.24, 2.45) is 5.10 Å². The first-order valence-electron chi connectivity index (χ1n) is 11.8. The van der Waals surface area contributed by atoms with E-state index in [0.717, 1.165) is 53.7 Å². The van der Waals surface area contributed by atoms with Gasteiger partial charge < -0.3 is 9.30 Å². The predicted molar refractivity (Wildman–Crippen MR) is 134 cm³/mol. The zero-order valence-electron chi connectivity index (χ0n) is 19.5. The molecule has 7 heteroatoms. The molecule has 1 saturated carbocycles. The van der Waals surface area contributed by atoms with Gasteiger partial charge in [0.15, 0.2) is 0 Å². The van der Waals surface area contributed by atoms with E-state index in [0.29, 0.717) is 10.9 Å². The van der Waals surface area contributed by atoms with Crippen molar-refractivity contribution in [1.29, 1.82) is 0 Å². The van der Waals surface area contributed by atoms with Crippen LogP contribution in [-0.2, 0) is 16.1 Å². The van der Waals surface area contributed by atoms with Crippen LogP contribution in [0.15, 0.2) is 58.4 Å². The van der Waals surface area contributed by atoms with Gasteiger partial charge >= 0.3 is 5.97 Å². The third-order valence-corrected chi connectivity index (χ3v) is 6.85. The monoisotopic (exact) mass is 456 g/mol. The Labute approximate surface area is 197 Å². The SMILES string of the molecule is COC(=O)Cn1c(C)c(C=Nn2c(C3CCCCC3)nc3ccccc3c2=O)c2ccccc21. The molecule has 4 aromatic rings. The minimum absolute atomic E-state index is 0.113. The maximum absolute atomic E-state index is 13.5. The van der Waals surface area contributed by atoms with E-state index in [2.05, 4.69) is 0 Å². The lowest BCUT2D eigenvalue weighted by molar-refractivity contribution is -0.141. The van der Waals surface area contributed by atoms with E-state index >= 15 is 0 Å². The summed E-state index contributed by atoms with van der Waals surface area (Å²) in [5, 5.41) is 6.24. The van der Waals surface area contributed by atoms with Crippen molar-refractivity contribution in [3.63, 3.8) is 0 Å². The van der Waals surface area contributed by atoms with Crippen molar-refractivity contribution in [3.05, 3.63) is 76.0 Å². The van der Waals surface area contributed by atoms with Gasteiger partial charge in [-0.05, 0) is 38.0 Å². The summed E-state index contributed by atoms with van der Waals surface area (Å²) in [5.74, 6) is 0.627. The number of hydrogen-bond acceptors (Lipinski definition) is 5. The van der Waals surface area contributed by atoms with Crippen LogP contribution in [0.1, 0.15) is 55.1 Å². The van der Waals surface area contributed by atoms with Gasteiger partial charge in [0.2, 0.25) is 0 Å². The van der Waals surface area contributed by atoms with Crippen molar-refractivity contribution < 1.29 is 9.53 Å². The number of para-hydroxylation sites is 2. The third-order valence-electron chi connectivity index (χ3n) is 6.85. The number of benzene rings is 2. The van der Waals surface area contributed by atoms with Crippen LogP contribution < -0.4 is 5.56 Å². The van der Waals surface area contributed by atoms with Crippen LogP contribution in [0.25, 0.3) is 21.8 Å². The molecule has 2 aromatic carbocycles. The molecule has 34 heavy (non-hydrogen) atoms. The van der Waals surface area contributed by atoms with Gasteiger partial charge in [0.1, 0.15) is 12.4 Å². The molecule has 1 aliphatic rings. The quantitative estimate of drug-likeness (QED) is 0.320. The standard InChI is InChI=1S/C27H28N4O3/c1-18-22(20-12-7-9-15-24(20)30(18)17-25(32)34-2)16-28-31-26(19-10-4-3-5-11-19)29-23-14-8-6-13-21(23)27(31)33/h6-9,12-16,19H,3-5,10-11,17H2,1-2H3. The summed E-state index contributed by atoms with van der Waals surface area (Å²) in [6.45, 7) is 2.06. The van der Waals surface area contributed by atoms with Crippen molar-refractivity contribution in [2.75, 3.05) is 7.11 Å². The molecule has 1 aliphatic carbocycles. The van der Waals surface area contributed by atoms with E-state index in [4.69, 9.17) is 14.8 Å². The maximum Gasteiger partial charge on any atom is 0.325 e. The Morgan fingerprint density at radius 3 is 2.56 bits per heavy atom. The summed E-state index contributed by atoms with van der Waals surface area (Å²) in [4.78, 5) is 30.4. The molecule has 0 unspecified atom stereocenters. The highest BCUT2D eigenvalue weighted by atomic mass is 16.5. The first kappa shape index (κ1) is 22.1. The second-order valence-electron chi connectivity index (χ2n) is 8.86. The topological polar surface area (TPSA) is 78.5 Å². The second kappa shape index (κ2) is 9.25. The average Bonchev–Trinajstić information content (AvgIpc) is 3.14. The number of esters is 1. The zero-order chi connectivity index (χ0) is 23.7. The highest BCUT2D eigenvalue weighted by Crippen LogP contribution is 2.32. The number of fused-ring (bicyclic) bond motifs is 2. The molecular weight excluding hydrogens is 428 g/mol. The molecule has 2 aromatic heterocycles. The predicted octanol–water partition coefficient (Wildman–Crippen LogP) is 4.76. The third kappa shape index (κ3) is 3.91. The van der Waals surface area contributed by atoms with Crippen molar-refractivity contribution in [3.8, 4) is 0 Å². The van der Waals surface area contributed by atoms with Gasteiger partial charge in [0, 0.05) is 28.1 Å². The van der Waals surface area contributed by atoms with Crippen LogP contribution in [0.4, 0.5) is 0 Å². The molecule has 174 valence electrons. The van der Waals surface area contributed by atoms with E-state index < -0.39 is 0 Å². The van der Waals surface area contributed by atoms with Gasteiger partial charge in [-0.25, -0.2) is 4.98 Å². The molecule has 7 nitrogen and oxygen atoms in total. The summed E-state index contributed by atoms with van der Waals surface area (Å²) in [6.07, 6.45) is 7.25. The number of carbonyl (C=O) groups is 1. The van der Waals surface area contributed by atoms with Crippen LogP contribution in [0.2, 0.25) is 0 Å². The molecule has 0 bridgehead atoms. The second-order valence-corrected chi connectivity index (χ2v) is 8.86. The van der Waals surface area contributed by atoms with Crippen LogP contribution in [0.5, 0.6) is 0 Å². The van der Waals surface area contributed by atoms with E-state index in [1.54, 1.807) is 12.3 Å². The van der Waals surface area contributed by atoms with E-state index in [-0.39, 0.29) is 24.0 Å². The highest BCUT2D eigenvalue weighted by molar-refractivity contribution is 6.01. The first-order chi connectivity index (χ1) is 16.6. The van der Waals surface area contributed by atoms with Gasteiger partial charge in [-0.15, -0.1) is 0 Å². The average molecular weight is 457 g/mol. The van der Waals surface area contributed by atoms with E-state index in [1.807, 2.05) is 54.0 Å². The number of methoxy groups -OCH3 is 1. The molecule has 5 rings (SSSR count). The van der Waals surface area contributed by atoms with Crippen molar-refractivity contribution >= 4 is 34.0 Å². The minimum atomic E-state index is -0.318. The van der Waals surface area contributed by atoms with E-state index in [9.17, 15) is 9.59 Å². The number of ether oxygens (including phenoxy) is 1. The molecule has 0 aliphatic heterocycles. The Bertz CT molecular complexity index is 1460. The fourth-order valence-electron chi connectivity index (χ4n) is 5.01. The fraction of sp³-hybridized carbons (Fsp3) is 0.333. The van der Waals surface area contributed by atoms with Crippen molar-refractivity contribution in [2.45, 2.75) is 51.5 Å². The summed E-state index contributed by atoms with van der Waals surface area (Å²) >= 11 is 0. The molecule has 0 radical (unpaired) electrons. The Morgan fingerprint density at radius 2 is 1.79 bits per heavy atom. The van der Waals surface area contributed by atoms with Crippen LogP contribution >= 0.6 is 0 Å². The lowest BCUT2D eigenvalue weighted by Crippen LogP contribution is -2.25. The Kier molecular flexibility index (Phi) is 6.01. The highest BCUT2D eigenvalue weighted by Gasteiger charge is 2.23. The van der Waals surface area contributed by atoms with E-state index in [1.165, 1.54) is 18.2 Å². The summed E-state index contributed by atoms with van der Waals surface area (Å²) in [5.41, 5.74) is 3.23. The Hall–Kier alpha value is -3.74. The van der Waals surface area contributed by atoms with Gasteiger partial charge in [-0.3, -0.25) is 9.59 Å². The lowest BCUT2D eigenvalue weighted by Gasteiger charge is -2.22. The number of aromatic nitrogens is 3. The smallest absolute Gasteiger partial charge is 0.325 e. The molecule has 0 saturated heterocycles. The molecule has 2 heterocycles. The molecule has 0 spiro atoms. The molecular formula is C27H28N4O3. The maximum atomic E-state index is 13.5. The van der Waals surface area contributed by atoms with Gasteiger partial charge in [0.25, 0.3) is 5.56 Å². The lowest BCUT2D eigenvalue weighted by atomic mass is 9.88. The van der Waals surface area contributed by atoms with Gasteiger partial charge in [-0.2, -0.15) is 9.78 Å². The van der Waals surface area contributed by atoms with Crippen LogP contribution in [0.3, 0.4) is 0 Å². The number of carbonyl (C=O) groups excluding carboxylic acids is 1. The van der Waals surface area contributed by atoms with Gasteiger partial charge in [0.05, 0.1) is 24.2 Å². The van der Waals surface area contributed by atoms with Crippen molar-refractivity contribution in [1.82, 2.24) is 14.2 Å².